The number of Topliss-reactive ketones (excluding diaryl/α,β-unsaturated/α-hetero) is 1. The van der Waals surface area contributed by atoms with E-state index in [4.69, 9.17) is 4.74 Å². The van der Waals surface area contributed by atoms with E-state index < -0.39 is 11.7 Å². The van der Waals surface area contributed by atoms with Crippen molar-refractivity contribution in [1.82, 2.24) is 10.3 Å². The second-order valence-electron chi connectivity index (χ2n) is 4.73. The molecule has 2 rings (SSSR count). The highest BCUT2D eigenvalue weighted by Crippen LogP contribution is 2.23. The standard InChI is InChI=1S/C15H18N2O3/c1-4-9(2)17-15(19)14(18)12-8-16-13-6-5-10(20-3)7-11(12)13/h5-9,16H,4H2,1-3H3,(H,17,19). The maximum Gasteiger partial charge on any atom is 0.292 e. The van der Waals surface area contributed by atoms with Gasteiger partial charge in [0.05, 0.1) is 12.7 Å². The van der Waals surface area contributed by atoms with E-state index in [1.54, 1.807) is 25.4 Å². The highest BCUT2D eigenvalue weighted by atomic mass is 16.5. The van der Waals surface area contributed by atoms with E-state index in [-0.39, 0.29) is 6.04 Å². The van der Waals surface area contributed by atoms with Crippen LogP contribution in [0.5, 0.6) is 5.75 Å². The molecule has 2 aromatic rings. The fourth-order valence-corrected chi connectivity index (χ4v) is 1.93. The number of H-pyrrole nitrogens is 1. The summed E-state index contributed by atoms with van der Waals surface area (Å²) in [6, 6.07) is 5.34. The molecule has 106 valence electrons. The van der Waals surface area contributed by atoms with Crippen LogP contribution in [0.3, 0.4) is 0 Å². The monoisotopic (exact) mass is 274 g/mol. The second-order valence-corrected chi connectivity index (χ2v) is 4.73. The molecule has 1 aromatic carbocycles. The van der Waals surface area contributed by atoms with E-state index in [2.05, 4.69) is 10.3 Å². The molecule has 1 atom stereocenters. The average molecular weight is 274 g/mol. The summed E-state index contributed by atoms with van der Waals surface area (Å²) in [6.45, 7) is 3.81. The molecular formula is C15H18N2O3. The van der Waals surface area contributed by atoms with Crippen molar-refractivity contribution < 1.29 is 14.3 Å². The number of aromatic amines is 1. The highest BCUT2D eigenvalue weighted by Gasteiger charge is 2.21. The number of rotatable bonds is 5. The molecule has 0 saturated heterocycles. The van der Waals surface area contributed by atoms with Crippen LogP contribution in [-0.4, -0.2) is 29.8 Å². The average Bonchev–Trinajstić information content (AvgIpc) is 2.88. The van der Waals surface area contributed by atoms with Crippen LogP contribution in [-0.2, 0) is 4.79 Å². The summed E-state index contributed by atoms with van der Waals surface area (Å²) in [5, 5.41) is 3.37. The summed E-state index contributed by atoms with van der Waals surface area (Å²) in [7, 11) is 1.56. The van der Waals surface area contributed by atoms with Crippen LogP contribution in [0.15, 0.2) is 24.4 Å². The lowest BCUT2D eigenvalue weighted by molar-refractivity contribution is -0.117. The third kappa shape index (κ3) is 2.66. The van der Waals surface area contributed by atoms with E-state index in [9.17, 15) is 9.59 Å². The molecule has 0 saturated carbocycles. The first-order valence-corrected chi connectivity index (χ1v) is 6.57. The van der Waals surface area contributed by atoms with Crippen molar-refractivity contribution in [3.8, 4) is 5.75 Å². The lowest BCUT2D eigenvalue weighted by Crippen LogP contribution is -2.37. The van der Waals surface area contributed by atoms with Gasteiger partial charge in [0.25, 0.3) is 11.7 Å². The molecule has 0 radical (unpaired) electrons. The predicted octanol–water partition coefficient (Wildman–Crippen LogP) is 2.27. The largest absolute Gasteiger partial charge is 0.497 e. The van der Waals surface area contributed by atoms with Gasteiger partial charge in [-0.05, 0) is 31.5 Å². The van der Waals surface area contributed by atoms with Crippen molar-refractivity contribution in [1.29, 1.82) is 0 Å². The van der Waals surface area contributed by atoms with Crippen LogP contribution in [0.4, 0.5) is 0 Å². The van der Waals surface area contributed by atoms with Crippen LogP contribution >= 0.6 is 0 Å². The van der Waals surface area contributed by atoms with Crippen molar-refractivity contribution in [2.24, 2.45) is 0 Å². The second kappa shape index (κ2) is 5.77. The first-order chi connectivity index (χ1) is 9.56. The molecule has 1 heterocycles. The fraction of sp³-hybridized carbons (Fsp3) is 0.333. The molecule has 1 amide bonds. The molecule has 1 aromatic heterocycles. The minimum Gasteiger partial charge on any atom is -0.497 e. The van der Waals surface area contributed by atoms with Gasteiger partial charge in [0.2, 0.25) is 0 Å². The van der Waals surface area contributed by atoms with Gasteiger partial charge < -0.3 is 15.0 Å². The number of ketones is 1. The number of aromatic nitrogens is 1. The van der Waals surface area contributed by atoms with Crippen molar-refractivity contribution in [2.75, 3.05) is 7.11 Å². The van der Waals surface area contributed by atoms with E-state index in [0.717, 1.165) is 11.9 Å². The van der Waals surface area contributed by atoms with Crippen molar-refractivity contribution in [3.63, 3.8) is 0 Å². The van der Waals surface area contributed by atoms with Gasteiger partial charge in [0.1, 0.15) is 5.75 Å². The Morgan fingerprint density at radius 1 is 1.40 bits per heavy atom. The number of methoxy groups -OCH3 is 1. The van der Waals surface area contributed by atoms with Gasteiger partial charge in [-0.25, -0.2) is 0 Å². The van der Waals surface area contributed by atoms with Crippen LogP contribution in [0, 0.1) is 0 Å². The van der Waals surface area contributed by atoms with Crippen LogP contribution in [0.25, 0.3) is 10.9 Å². The topological polar surface area (TPSA) is 71.2 Å². The Kier molecular flexibility index (Phi) is 4.08. The van der Waals surface area contributed by atoms with E-state index in [1.165, 1.54) is 0 Å². The molecule has 0 spiro atoms. The summed E-state index contributed by atoms with van der Waals surface area (Å²) in [4.78, 5) is 27.1. The van der Waals surface area contributed by atoms with Gasteiger partial charge in [-0.15, -0.1) is 0 Å². The van der Waals surface area contributed by atoms with Crippen molar-refractivity contribution >= 4 is 22.6 Å². The summed E-state index contributed by atoms with van der Waals surface area (Å²) in [6.07, 6.45) is 2.34. The number of amides is 1. The number of hydrogen-bond acceptors (Lipinski definition) is 3. The van der Waals surface area contributed by atoms with Gasteiger partial charge in [0, 0.05) is 23.1 Å². The summed E-state index contributed by atoms with van der Waals surface area (Å²) in [5.74, 6) is -0.471. The zero-order valence-electron chi connectivity index (χ0n) is 11.8. The third-order valence-corrected chi connectivity index (χ3v) is 3.33. The SMILES string of the molecule is CCC(C)NC(=O)C(=O)c1c[nH]c2ccc(OC)cc12. The van der Waals surface area contributed by atoms with Crippen LogP contribution in [0.2, 0.25) is 0 Å². The summed E-state index contributed by atoms with van der Waals surface area (Å²) in [5.41, 5.74) is 1.16. The molecule has 0 aliphatic heterocycles. The number of ether oxygens (including phenoxy) is 1. The molecular weight excluding hydrogens is 256 g/mol. The number of fused-ring (bicyclic) bond motifs is 1. The van der Waals surface area contributed by atoms with Crippen molar-refractivity contribution in [2.45, 2.75) is 26.3 Å². The molecule has 0 aliphatic rings. The lowest BCUT2D eigenvalue weighted by Gasteiger charge is -2.10. The maximum absolute atomic E-state index is 12.2. The van der Waals surface area contributed by atoms with Crippen LogP contribution < -0.4 is 10.1 Å². The third-order valence-electron chi connectivity index (χ3n) is 3.33. The number of hydrogen-bond donors (Lipinski definition) is 2. The smallest absolute Gasteiger partial charge is 0.292 e. The Bertz CT molecular complexity index is 646. The Labute approximate surface area is 117 Å². The minimum atomic E-state index is -0.580. The molecule has 0 fully saturated rings. The zero-order valence-corrected chi connectivity index (χ0v) is 11.8. The zero-order chi connectivity index (χ0) is 14.7. The van der Waals surface area contributed by atoms with E-state index >= 15 is 0 Å². The van der Waals surface area contributed by atoms with Crippen molar-refractivity contribution in [3.05, 3.63) is 30.0 Å². The first kappa shape index (κ1) is 14.1. The molecule has 5 heteroatoms. The summed E-state index contributed by atoms with van der Waals surface area (Å²) < 4.78 is 5.14. The van der Waals surface area contributed by atoms with Crippen LogP contribution in [0.1, 0.15) is 30.6 Å². The lowest BCUT2D eigenvalue weighted by atomic mass is 10.1. The Morgan fingerprint density at radius 3 is 2.80 bits per heavy atom. The minimum absolute atomic E-state index is 0.0220. The molecule has 5 nitrogen and oxygen atoms in total. The fourth-order valence-electron chi connectivity index (χ4n) is 1.93. The normalized spacial score (nSPS) is 12.2. The molecule has 20 heavy (non-hydrogen) atoms. The number of benzene rings is 1. The van der Waals surface area contributed by atoms with E-state index in [1.807, 2.05) is 19.9 Å². The molecule has 0 aliphatic carbocycles. The predicted molar refractivity (Wildman–Crippen MR) is 77.1 cm³/mol. The van der Waals surface area contributed by atoms with Gasteiger partial charge in [0.15, 0.2) is 0 Å². The molecule has 1 unspecified atom stereocenters. The summed E-state index contributed by atoms with van der Waals surface area (Å²) >= 11 is 0. The molecule has 2 N–H and O–H groups in total. The van der Waals surface area contributed by atoms with Gasteiger partial charge in [-0.2, -0.15) is 0 Å². The number of nitrogens with one attached hydrogen (secondary N) is 2. The number of carbonyl (C=O) groups excluding carboxylic acids is 2. The number of carbonyl (C=O) groups is 2. The quantitative estimate of drug-likeness (QED) is 0.649. The Hall–Kier alpha value is -2.30. The maximum atomic E-state index is 12.2. The molecule has 0 bridgehead atoms. The Morgan fingerprint density at radius 2 is 2.15 bits per heavy atom. The first-order valence-electron chi connectivity index (χ1n) is 6.57. The van der Waals surface area contributed by atoms with Gasteiger partial charge >= 0.3 is 0 Å². The van der Waals surface area contributed by atoms with Gasteiger partial charge in [-0.3, -0.25) is 9.59 Å². The van der Waals surface area contributed by atoms with Gasteiger partial charge in [-0.1, -0.05) is 6.92 Å². The Balaban J connectivity index is 2.32. The van der Waals surface area contributed by atoms with E-state index in [0.29, 0.717) is 16.7 Å². The highest BCUT2D eigenvalue weighted by molar-refractivity contribution is 6.45.